The minimum absolute atomic E-state index is 0.0735. The van der Waals surface area contributed by atoms with Gasteiger partial charge in [-0.1, -0.05) is 48.5 Å². The number of benzene rings is 2. The summed E-state index contributed by atoms with van der Waals surface area (Å²) in [6.45, 7) is 1.66. The van der Waals surface area contributed by atoms with E-state index in [0.29, 0.717) is 50.7 Å². The lowest BCUT2D eigenvalue weighted by atomic mass is 10.1. The summed E-state index contributed by atoms with van der Waals surface area (Å²) in [7, 11) is 0. The van der Waals surface area contributed by atoms with E-state index >= 15 is 0 Å². The van der Waals surface area contributed by atoms with Crippen molar-refractivity contribution in [2.24, 2.45) is 0 Å². The molecule has 0 bridgehead atoms. The van der Waals surface area contributed by atoms with Crippen molar-refractivity contribution in [2.45, 2.75) is 32.2 Å². The molecule has 1 aliphatic heterocycles. The highest BCUT2D eigenvalue weighted by molar-refractivity contribution is 5.76. The summed E-state index contributed by atoms with van der Waals surface area (Å²) < 4.78 is 11.4. The largest absolute Gasteiger partial charge is 0.491 e. The monoisotopic (exact) mass is 377 g/mol. The molecule has 0 N–H and O–H groups in total. The number of aryl methyl sites for hydroxylation is 3. The topological polar surface area (TPSA) is 68.5 Å². The first kappa shape index (κ1) is 18.2. The van der Waals surface area contributed by atoms with Crippen LogP contribution >= 0.6 is 0 Å². The summed E-state index contributed by atoms with van der Waals surface area (Å²) in [6.07, 6.45) is 2.36. The zero-order valence-electron chi connectivity index (χ0n) is 15.7. The van der Waals surface area contributed by atoms with Crippen LogP contribution in [0.3, 0.4) is 0 Å². The molecule has 4 rings (SSSR count). The van der Waals surface area contributed by atoms with Crippen LogP contribution in [0.4, 0.5) is 0 Å². The molecule has 6 nitrogen and oxygen atoms in total. The van der Waals surface area contributed by atoms with Crippen molar-refractivity contribution in [3.63, 3.8) is 0 Å². The number of ether oxygens (including phenoxy) is 1. The average molecular weight is 377 g/mol. The van der Waals surface area contributed by atoms with Crippen LogP contribution in [0.5, 0.6) is 5.75 Å². The lowest BCUT2D eigenvalue weighted by Crippen LogP contribution is -2.32. The minimum atomic E-state index is 0.0735. The van der Waals surface area contributed by atoms with Crippen LogP contribution in [0.2, 0.25) is 0 Å². The summed E-state index contributed by atoms with van der Waals surface area (Å²) in [5, 5.41) is 8.19. The van der Waals surface area contributed by atoms with Gasteiger partial charge in [0.2, 0.25) is 17.7 Å². The molecule has 28 heavy (non-hydrogen) atoms. The Morgan fingerprint density at radius 3 is 2.54 bits per heavy atom. The number of hydrogen-bond donors (Lipinski definition) is 0. The van der Waals surface area contributed by atoms with E-state index in [1.165, 1.54) is 5.56 Å². The van der Waals surface area contributed by atoms with Crippen molar-refractivity contribution in [2.75, 3.05) is 13.2 Å². The number of rotatable bonds is 6. The molecule has 0 fully saturated rings. The predicted molar refractivity (Wildman–Crippen MR) is 104 cm³/mol. The molecule has 2 aromatic carbocycles. The molecule has 2 heterocycles. The molecule has 0 saturated carbocycles. The van der Waals surface area contributed by atoms with E-state index in [-0.39, 0.29) is 5.91 Å². The van der Waals surface area contributed by atoms with Crippen molar-refractivity contribution in [3.05, 3.63) is 77.5 Å². The molecule has 0 aliphatic carbocycles. The standard InChI is InChI=1S/C22H23N3O3/c26-22(25-14-15-27-19-9-5-4-8-18(19)16-25)13-12-21-24-23-20(28-21)11-10-17-6-2-1-3-7-17/h1-9H,10-16H2. The molecule has 1 aromatic heterocycles. The highest BCUT2D eigenvalue weighted by atomic mass is 16.5. The van der Waals surface area contributed by atoms with Crippen LogP contribution in [-0.4, -0.2) is 34.2 Å². The van der Waals surface area contributed by atoms with E-state index in [1.807, 2.05) is 47.4 Å². The fraction of sp³-hybridized carbons (Fsp3) is 0.318. The zero-order chi connectivity index (χ0) is 19.2. The number of nitrogens with zero attached hydrogens (tertiary/aromatic N) is 3. The number of carbonyl (C=O) groups is 1. The number of aromatic nitrogens is 2. The third kappa shape index (κ3) is 4.57. The Labute approximate surface area is 164 Å². The Morgan fingerprint density at radius 2 is 1.68 bits per heavy atom. The second-order valence-corrected chi connectivity index (χ2v) is 6.85. The van der Waals surface area contributed by atoms with E-state index in [1.54, 1.807) is 0 Å². The van der Waals surface area contributed by atoms with Gasteiger partial charge in [0.15, 0.2) is 0 Å². The number of fused-ring (bicyclic) bond motifs is 1. The van der Waals surface area contributed by atoms with Gasteiger partial charge in [-0.2, -0.15) is 0 Å². The lowest BCUT2D eigenvalue weighted by Gasteiger charge is -2.19. The Kier molecular flexibility index (Phi) is 5.66. The zero-order valence-corrected chi connectivity index (χ0v) is 15.7. The molecule has 1 amide bonds. The average Bonchev–Trinajstić information content (AvgIpc) is 3.08. The van der Waals surface area contributed by atoms with Gasteiger partial charge in [0, 0.05) is 31.4 Å². The smallest absolute Gasteiger partial charge is 0.223 e. The minimum Gasteiger partial charge on any atom is -0.491 e. The maximum Gasteiger partial charge on any atom is 0.223 e. The molecular formula is C22H23N3O3. The van der Waals surface area contributed by atoms with Crippen molar-refractivity contribution in [1.29, 1.82) is 0 Å². The molecule has 144 valence electrons. The summed E-state index contributed by atoms with van der Waals surface area (Å²) in [6, 6.07) is 18.1. The molecule has 0 spiro atoms. The van der Waals surface area contributed by atoms with Crippen molar-refractivity contribution < 1.29 is 13.9 Å². The third-order valence-corrected chi connectivity index (χ3v) is 4.84. The van der Waals surface area contributed by atoms with E-state index in [4.69, 9.17) is 9.15 Å². The van der Waals surface area contributed by atoms with Gasteiger partial charge in [-0.15, -0.1) is 10.2 Å². The van der Waals surface area contributed by atoms with Crippen LogP contribution in [-0.2, 0) is 30.6 Å². The van der Waals surface area contributed by atoms with Crippen LogP contribution < -0.4 is 4.74 Å². The lowest BCUT2D eigenvalue weighted by molar-refractivity contribution is -0.132. The van der Waals surface area contributed by atoms with E-state index in [0.717, 1.165) is 17.7 Å². The molecule has 6 heteroatoms. The Morgan fingerprint density at radius 1 is 0.929 bits per heavy atom. The maximum absolute atomic E-state index is 12.6. The van der Waals surface area contributed by atoms with Gasteiger partial charge >= 0.3 is 0 Å². The molecule has 1 aliphatic rings. The van der Waals surface area contributed by atoms with E-state index in [2.05, 4.69) is 22.3 Å². The Hall–Kier alpha value is -3.15. The Balaban J connectivity index is 1.28. The fourth-order valence-electron chi connectivity index (χ4n) is 3.30. The first-order valence-corrected chi connectivity index (χ1v) is 9.61. The molecule has 0 atom stereocenters. The van der Waals surface area contributed by atoms with E-state index < -0.39 is 0 Å². The Bertz CT molecular complexity index is 924. The van der Waals surface area contributed by atoms with Gasteiger partial charge in [0.05, 0.1) is 6.54 Å². The first-order valence-electron chi connectivity index (χ1n) is 9.61. The molecule has 0 saturated heterocycles. The van der Waals surface area contributed by atoms with Gasteiger partial charge in [0.25, 0.3) is 0 Å². The van der Waals surface area contributed by atoms with Crippen LogP contribution in [0.1, 0.15) is 29.3 Å². The molecule has 0 radical (unpaired) electrons. The van der Waals surface area contributed by atoms with Crippen molar-refractivity contribution in [3.8, 4) is 5.75 Å². The van der Waals surface area contributed by atoms with Crippen LogP contribution in [0.25, 0.3) is 0 Å². The SMILES string of the molecule is O=C(CCc1nnc(CCc2ccccc2)o1)N1CCOc2ccccc2C1. The van der Waals surface area contributed by atoms with Crippen LogP contribution in [0.15, 0.2) is 59.0 Å². The van der Waals surface area contributed by atoms with E-state index in [9.17, 15) is 4.79 Å². The number of para-hydroxylation sites is 1. The summed E-state index contributed by atoms with van der Waals surface area (Å²) >= 11 is 0. The first-order chi connectivity index (χ1) is 13.8. The predicted octanol–water partition coefficient (Wildman–Crippen LogP) is 3.21. The molecular weight excluding hydrogens is 354 g/mol. The van der Waals surface area contributed by atoms with Gasteiger partial charge in [-0.05, 0) is 18.1 Å². The quantitative estimate of drug-likeness (QED) is 0.660. The molecule has 3 aromatic rings. The second kappa shape index (κ2) is 8.69. The summed E-state index contributed by atoms with van der Waals surface area (Å²) in [4.78, 5) is 14.5. The van der Waals surface area contributed by atoms with Crippen molar-refractivity contribution in [1.82, 2.24) is 15.1 Å². The van der Waals surface area contributed by atoms with Gasteiger partial charge in [0.1, 0.15) is 12.4 Å². The number of hydrogen-bond acceptors (Lipinski definition) is 5. The highest BCUT2D eigenvalue weighted by Gasteiger charge is 2.20. The maximum atomic E-state index is 12.6. The van der Waals surface area contributed by atoms with Crippen LogP contribution in [0, 0.1) is 0 Å². The number of carbonyl (C=O) groups excluding carboxylic acids is 1. The third-order valence-electron chi connectivity index (χ3n) is 4.84. The number of amides is 1. The fourth-order valence-corrected chi connectivity index (χ4v) is 3.30. The summed E-state index contributed by atoms with van der Waals surface area (Å²) in [5.74, 6) is 2.06. The van der Waals surface area contributed by atoms with Crippen molar-refractivity contribution >= 4 is 5.91 Å². The van der Waals surface area contributed by atoms with Gasteiger partial charge in [-0.25, -0.2) is 0 Å². The normalized spacial score (nSPS) is 13.5. The highest BCUT2D eigenvalue weighted by Crippen LogP contribution is 2.23. The van der Waals surface area contributed by atoms with Gasteiger partial charge in [-0.3, -0.25) is 4.79 Å². The summed E-state index contributed by atoms with van der Waals surface area (Å²) in [5.41, 5.74) is 2.27. The molecule has 0 unspecified atom stereocenters. The second-order valence-electron chi connectivity index (χ2n) is 6.85. The van der Waals surface area contributed by atoms with Gasteiger partial charge < -0.3 is 14.1 Å².